The molecule has 0 aliphatic heterocycles. The van der Waals surface area contributed by atoms with E-state index in [1.165, 1.54) is 32.1 Å². The van der Waals surface area contributed by atoms with Crippen molar-refractivity contribution in [2.45, 2.75) is 88.9 Å². The quantitative estimate of drug-likeness (QED) is 0.267. The van der Waals surface area contributed by atoms with Crippen molar-refractivity contribution < 1.29 is 25.2 Å². The minimum atomic E-state index is -1.62. The maximum Gasteiger partial charge on any atom is 0.164 e. The summed E-state index contributed by atoms with van der Waals surface area (Å²) in [5.41, 5.74) is 5.44. The highest BCUT2D eigenvalue weighted by Crippen LogP contribution is 2.12. The van der Waals surface area contributed by atoms with Crippen LogP contribution in [0.4, 0.5) is 0 Å². The fraction of sp³-hybridized carbons (Fsp3) is 0.941. The Labute approximate surface area is 139 Å². The zero-order valence-electron chi connectivity index (χ0n) is 14.2. The van der Waals surface area contributed by atoms with E-state index in [9.17, 15) is 20.1 Å². The second-order valence-electron chi connectivity index (χ2n) is 6.23. The number of unbranched alkanes of at least 4 members (excludes halogenated alkanes) is 9. The average molecular weight is 333 g/mol. The number of hydrogen-bond donors (Lipinski definition) is 5. The summed E-state index contributed by atoms with van der Waals surface area (Å²) in [6.45, 7) is 0.0983. The lowest BCUT2D eigenvalue weighted by Gasteiger charge is -2.20. The highest BCUT2D eigenvalue weighted by atomic mass is 16.4. The summed E-state index contributed by atoms with van der Waals surface area (Å²) in [6.07, 6.45) is 6.58. The second kappa shape index (κ2) is 15.0. The van der Waals surface area contributed by atoms with Crippen LogP contribution in [-0.4, -0.2) is 57.7 Å². The Morgan fingerprint density at radius 1 is 0.783 bits per heavy atom. The standard InChI is InChI=1S/C17H35NO5/c18-12-10-8-6-4-2-1-3-5-7-9-11-14(20)16(22)17(23)15(21)13-19/h15-17,19,21-23H,1-13,18H2/t15-,16-,17-/m1/s1. The topological polar surface area (TPSA) is 124 Å². The van der Waals surface area contributed by atoms with E-state index in [0.29, 0.717) is 6.42 Å². The molecule has 0 saturated heterocycles. The van der Waals surface area contributed by atoms with Crippen LogP contribution < -0.4 is 5.73 Å². The zero-order chi connectivity index (χ0) is 17.5. The minimum absolute atomic E-state index is 0.190. The molecule has 0 aromatic carbocycles. The monoisotopic (exact) mass is 333 g/mol. The van der Waals surface area contributed by atoms with E-state index in [1.807, 2.05) is 0 Å². The maximum absolute atomic E-state index is 11.7. The van der Waals surface area contributed by atoms with E-state index >= 15 is 0 Å². The van der Waals surface area contributed by atoms with Crippen molar-refractivity contribution in [1.29, 1.82) is 0 Å². The number of ketones is 1. The molecule has 0 bridgehead atoms. The predicted octanol–water partition coefficient (Wildman–Crippen LogP) is 0.880. The lowest BCUT2D eigenvalue weighted by atomic mass is 9.99. The molecule has 3 atom stereocenters. The molecule has 0 rings (SSSR count). The van der Waals surface area contributed by atoms with Gasteiger partial charge in [0.25, 0.3) is 0 Å². The predicted molar refractivity (Wildman–Crippen MR) is 90.0 cm³/mol. The number of carbonyl (C=O) groups is 1. The van der Waals surface area contributed by atoms with Crippen LogP contribution in [0.15, 0.2) is 0 Å². The van der Waals surface area contributed by atoms with E-state index in [-0.39, 0.29) is 6.42 Å². The molecule has 0 saturated carbocycles. The number of nitrogens with two attached hydrogens (primary N) is 1. The molecule has 6 nitrogen and oxygen atoms in total. The molecule has 6 N–H and O–H groups in total. The van der Waals surface area contributed by atoms with E-state index in [0.717, 1.165) is 32.2 Å². The van der Waals surface area contributed by atoms with Crippen LogP contribution in [0, 0.1) is 0 Å². The number of hydrogen-bond acceptors (Lipinski definition) is 6. The second-order valence-corrected chi connectivity index (χ2v) is 6.23. The third kappa shape index (κ3) is 11.6. The first-order valence-corrected chi connectivity index (χ1v) is 8.92. The fourth-order valence-electron chi connectivity index (χ4n) is 2.51. The maximum atomic E-state index is 11.7. The molecule has 0 unspecified atom stereocenters. The van der Waals surface area contributed by atoms with E-state index in [1.54, 1.807) is 0 Å². The number of rotatable bonds is 16. The number of aliphatic hydroxyl groups excluding tert-OH is 4. The van der Waals surface area contributed by atoms with Gasteiger partial charge in [-0.3, -0.25) is 4.79 Å². The Kier molecular flexibility index (Phi) is 14.7. The van der Waals surface area contributed by atoms with Crippen molar-refractivity contribution in [2.24, 2.45) is 5.73 Å². The van der Waals surface area contributed by atoms with Crippen molar-refractivity contribution in [3.63, 3.8) is 0 Å². The molecule has 0 aliphatic carbocycles. The summed E-state index contributed by atoms with van der Waals surface area (Å²) in [7, 11) is 0. The normalized spacial score (nSPS) is 15.3. The summed E-state index contributed by atoms with van der Waals surface area (Å²) >= 11 is 0. The molecule has 0 fully saturated rings. The lowest BCUT2D eigenvalue weighted by Crippen LogP contribution is -2.43. The molecule has 0 aromatic rings. The highest BCUT2D eigenvalue weighted by molar-refractivity contribution is 5.83. The van der Waals surface area contributed by atoms with E-state index < -0.39 is 30.7 Å². The molecule has 0 heterocycles. The summed E-state index contributed by atoms with van der Waals surface area (Å²) in [5, 5.41) is 36.9. The molecule has 0 aliphatic rings. The molecular formula is C17H35NO5. The smallest absolute Gasteiger partial charge is 0.164 e. The van der Waals surface area contributed by atoms with Gasteiger partial charge in [-0.2, -0.15) is 0 Å². The first-order chi connectivity index (χ1) is 11.0. The third-order valence-electron chi connectivity index (χ3n) is 4.11. The van der Waals surface area contributed by atoms with Crippen LogP contribution >= 0.6 is 0 Å². The van der Waals surface area contributed by atoms with Gasteiger partial charge in [-0.15, -0.1) is 0 Å². The van der Waals surface area contributed by atoms with Gasteiger partial charge < -0.3 is 26.2 Å². The van der Waals surface area contributed by atoms with Crippen molar-refractivity contribution in [1.82, 2.24) is 0 Å². The molecule has 0 spiro atoms. The summed E-state index contributed by atoms with van der Waals surface area (Å²) in [5.74, 6) is -0.482. The largest absolute Gasteiger partial charge is 0.394 e. The molecule has 0 radical (unpaired) electrons. The van der Waals surface area contributed by atoms with Crippen LogP contribution in [-0.2, 0) is 4.79 Å². The van der Waals surface area contributed by atoms with Crippen LogP contribution in [0.25, 0.3) is 0 Å². The van der Waals surface area contributed by atoms with Crippen LogP contribution in [0.3, 0.4) is 0 Å². The van der Waals surface area contributed by atoms with E-state index in [4.69, 9.17) is 10.8 Å². The van der Waals surface area contributed by atoms with Crippen LogP contribution in [0.2, 0.25) is 0 Å². The molecular weight excluding hydrogens is 298 g/mol. The lowest BCUT2D eigenvalue weighted by molar-refractivity contribution is -0.140. The summed E-state index contributed by atoms with van der Waals surface area (Å²) in [6, 6.07) is 0. The molecule has 0 amide bonds. The van der Waals surface area contributed by atoms with Gasteiger partial charge in [0, 0.05) is 6.42 Å². The first kappa shape index (κ1) is 22.5. The van der Waals surface area contributed by atoms with Crippen molar-refractivity contribution in [3.8, 4) is 0 Å². The number of Topliss-reactive ketones (excluding diaryl/α,β-unsaturated/α-hetero) is 1. The van der Waals surface area contributed by atoms with Crippen molar-refractivity contribution >= 4 is 5.78 Å². The van der Waals surface area contributed by atoms with Gasteiger partial charge in [-0.05, 0) is 19.4 Å². The average Bonchev–Trinajstić information content (AvgIpc) is 2.57. The van der Waals surface area contributed by atoms with Gasteiger partial charge >= 0.3 is 0 Å². The molecule has 0 aromatic heterocycles. The molecule has 6 heteroatoms. The van der Waals surface area contributed by atoms with Crippen molar-refractivity contribution in [2.75, 3.05) is 13.2 Å². The Balaban J connectivity index is 3.48. The number of carbonyl (C=O) groups excluding carboxylic acids is 1. The highest BCUT2D eigenvalue weighted by Gasteiger charge is 2.29. The summed E-state index contributed by atoms with van der Waals surface area (Å²) < 4.78 is 0. The summed E-state index contributed by atoms with van der Waals surface area (Å²) in [4.78, 5) is 11.7. The Bertz CT molecular complexity index is 288. The van der Waals surface area contributed by atoms with Crippen LogP contribution in [0.5, 0.6) is 0 Å². The Hall–Kier alpha value is -0.530. The van der Waals surface area contributed by atoms with Gasteiger partial charge in [0.2, 0.25) is 0 Å². The van der Waals surface area contributed by atoms with Gasteiger partial charge in [0.15, 0.2) is 5.78 Å². The Morgan fingerprint density at radius 2 is 1.22 bits per heavy atom. The molecule has 138 valence electrons. The Morgan fingerprint density at radius 3 is 1.65 bits per heavy atom. The molecule has 23 heavy (non-hydrogen) atoms. The van der Waals surface area contributed by atoms with E-state index in [2.05, 4.69) is 0 Å². The van der Waals surface area contributed by atoms with Gasteiger partial charge in [-0.1, -0.05) is 51.4 Å². The van der Waals surface area contributed by atoms with Crippen LogP contribution in [0.1, 0.15) is 70.6 Å². The third-order valence-corrected chi connectivity index (χ3v) is 4.11. The fourth-order valence-corrected chi connectivity index (χ4v) is 2.51. The zero-order valence-corrected chi connectivity index (χ0v) is 14.2. The van der Waals surface area contributed by atoms with Gasteiger partial charge in [-0.25, -0.2) is 0 Å². The number of aliphatic hydroxyl groups is 4. The SMILES string of the molecule is NCCCCCCCCCCCCC(=O)[C@@H](O)[C@H](O)[C@H](O)CO. The minimum Gasteiger partial charge on any atom is -0.394 e. The van der Waals surface area contributed by atoms with Gasteiger partial charge in [0.05, 0.1) is 6.61 Å². The van der Waals surface area contributed by atoms with Crippen molar-refractivity contribution in [3.05, 3.63) is 0 Å². The van der Waals surface area contributed by atoms with Gasteiger partial charge in [0.1, 0.15) is 18.3 Å². The first-order valence-electron chi connectivity index (χ1n) is 8.92.